The van der Waals surface area contributed by atoms with Gasteiger partial charge in [-0.05, 0) is 44.7 Å². The molecule has 0 spiro atoms. The molecule has 21 heteroatoms. The van der Waals surface area contributed by atoms with Gasteiger partial charge in [0.2, 0.25) is 35.4 Å². The Labute approximate surface area is 312 Å². The van der Waals surface area contributed by atoms with Crippen LogP contribution in [0.15, 0.2) is 30.3 Å². The quantitative estimate of drug-likeness (QED) is 0.0370. The lowest BCUT2D eigenvalue weighted by atomic mass is 10.0. The maximum atomic E-state index is 13.4. The molecular weight excluding hydrogens is 714 g/mol. The van der Waals surface area contributed by atoms with E-state index in [1.54, 1.807) is 30.3 Å². The Bertz CT molecular complexity index is 1370. The smallest absolute Gasteiger partial charge is 0.303 e. The zero-order valence-electron chi connectivity index (χ0n) is 30.1. The van der Waals surface area contributed by atoms with Crippen LogP contribution >= 0.6 is 0 Å². The first kappa shape index (κ1) is 47.3. The number of hydrogen-bond acceptors (Lipinski definition) is 14. The van der Waals surface area contributed by atoms with Crippen LogP contribution in [-0.4, -0.2) is 148 Å². The van der Waals surface area contributed by atoms with Gasteiger partial charge in [0.25, 0.3) is 0 Å². The van der Waals surface area contributed by atoms with Gasteiger partial charge in [-0.2, -0.15) is 0 Å². The van der Waals surface area contributed by atoms with Crippen molar-refractivity contribution >= 4 is 41.4 Å². The molecule has 1 aromatic carbocycles. The van der Waals surface area contributed by atoms with Gasteiger partial charge >= 0.3 is 5.97 Å². The molecule has 21 nitrogen and oxygen atoms in total. The zero-order valence-corrected chi connectivity index (χ0v) is 30.1. The van der Waals surface area contributed by atoms with Crippen LogP contribution in [0.3, 0.4) is 0 Å². The number of carboxylic acids is 1. The van der Waals surface area contributed by atoms with E-state index in [1.807, 2.05) is 0 Å². The number of aliphatic hydroxyl groups excluding tert-OH is 4. The molecule has 8 atom stereocenters. The molecule has 0 heterocycles. The van der Waals surface area contributed by atoms with Gasteiger partial charge < -0.3 is 74.6 Å². The second-order valence-corrected chi connectivity index (χ2v) is 12.5. The van der Waals surface area contributed by atoms with Gasteiger partial charge in [-0.1, -0.05) is 30.3 Å². The molecular formula is C33H55N9O12. The summed E-state index contributed by atoms with van der Waals surface area (Å²) in [5.41, 5.74) is 17.2. The molecule has 0 radical (unpaired) electrons. The van der Waals surface area contributed by atoms with Gasteiger partial charge in [0.05, 0.1) is 32.0 Å². The van der Waals surface area contributed by atoms with E-state index in [0.29, 0.717) is 18.4 Å². The minimum atomic E-state index is -1.55. The van der Waals surface area contributed by atoms with Crippen LogP contribution < -0.4 is 49.1 Å². The van der Waals surface area contributed by atoms with E-state index in [0.717, 1.165) is 0 Å². The van der Waals surface area contributed by atoms with E-state index in [4.69, 9.17) is 27.4 Å². The predicted octanol–water partition coefficient (Wildman–Crippen LogP) is -6.22. The SMILES string of the molecule is CC(O)[C@@H](CN[C@@H](CO)C(=O)N[C@@H](CCCCN)C(=O)N[C@@H](CO)C(=O)N[C@@H](Cc1ccccc1)C(N)=O)NC(=O)[C@H](CCC(=O)O)NC(=O)[C@@H](N)CO. The first-order chi connectivity index (χ1) is 25.6. The average molecular weight is 770 g/mol. The fraction of sp³-hybridized carbons (Fsp3) is 0.606. The molecule has 0 aliphatic heterocycles. The second-order valence-electron chi connectivity index (χ2n) is 12.5. The highest BCUT2D eigenvalue weighted by molar-refractivity contribution is 5.95. The molecule has 0 saturated carbocycles. The van der Waals surface area contributed by atoms with Gasteiger partial charge in [-0.3, -0.25) is 33.6 Å². The van der Waals surface area contributed by atoms with E-state index in [-0.39, 0.29) is 32.4 Å². The number of carbonyl (C=O) groups is 7. The van der Waals surface area contributed by atoms with Crippen molar-refractivity contribution in [2.75, 3.05) is 32.9 Å². The van der Waals surface area contributed by atoms with E-state index in [1.165, 1.54) is 6.92 Å². The minimum Gasteiger partial charge on any atom is -0.481 e. The number of aliphatic carboxylic acids is 1. The molecule has 0 aliphatic carbocycles. The maximum absolute atomic E-state index is 13.4. The normalized spacial score (nSPS) is 15.5. The highest BCUT2D eigenvalue weighted by Gasteiger charge is 2.32. The summed E-state index contributed by atoms with van der Waals surface area (Å²) in [5, 5.41) is 63.1. The highest BCUT2D eigenvalue weighted by atomic mass is 16.4. The molecule has 54 heavy (non-hydrogen) atoms. The lowest BCUT2D eigenvalue weighted by molar-refractivity contribution is -0.138. The average Bonchev–Trinajstić information content (AvgIpc) is 3.13. The largest absolute Gasteiger partial charge is 0.481 e. The van der Waals surface area contributed by atoms with Crippen LogP contribution in [0.5, 0.6) is 0 Å². The molecule has 0 aliphatic rings. The fourth-order valence-electron chi connectivity index (χ4n) is 4.88. The van der Waals surface area contributed by atoms with Crippen molar-refractivity contribution in [2.24, 2.45) is 17.2 Å². The van der Waals surface area contributed by atoms with Gasteiger partial charge in [-0.25, -0.2) is 0 Å². The summed E-state index contributed by atoms with van der Waals surface area (Å²) < 4.78 is 0. The van der Waals surface area contributed by atoms with Crippen molar-refractivity contribution in [3.05, 3.63) is 35.9 Å². The highest BCUT2D eigenvalue weighted by Crippen LogP contribution is 2.06. The number of primary amides is 1. The number of aliphatic hydroxyl groups is 4. The fourth-order valence-corrected chi connectivity index (χ4v) is 4.88. The lowest BCUT2D eigenvalue weighted by Crippen LogP contribution is -2.60. The Kier molecular flexibility index (Phi) is 22.1. The summed E-state index contributed by atoms with van der Waals surface area (Å²) in [7, 11) is 0. The lowest BCUT2D eigenvalue weighted by Gasteiger charge is -2.28. The molecule has 0 aromatic heterocycles. The van der Waals surface area contributed by atoms with Crippen molar-refractivity contribution in [1.29, 1.82) is 0 Å². The number of rotatable bonds is 27. The maximum Gasteiger partial charge on any atom is 0.303 e. The number of carbonyl (C=O) groups excluding carboxylic acids is 6. The van der Waals surface area contributed by atoms with Crippen LogP contribution in [0.4, 0.5) is 0 Å². The molecule has 0 fully saturated rings. The molecule has 0 bridgehead atoms. The van der Waals surface area contributed by atoms with Crippen molar-refractivity contribution < 1.29 is 59.1 Å². The third-order valence-electron chi connectivity index (χ3n) is 8.14. The molecule has 6 amide bonds. The Morgan fingerprint density at radius 2 is 1.20 bits per heavy atom. The van der Waals surface area contributed by atoms with E-state index < -0.39 is 116 Å². The molecule has 1 aromatic rings. The summed E-state index contributed by atoms with van der Waals surface area (Å²) in [6.07, 6.45) is -1.29. The third kappa shape index (κ3) is 17.4. The first-order valence-electron chi connectivity index (χ1n) is 17.3. The van der Waals surface area contributed by atoms with Crippen LogP contribution in [0.25, 0.3) is 0 Å². The van der Waals surface area contributed by atoms with Gasteiger partial charge in [-0.15, -0.1) is 0 Å². The van der Waals surface area contributed by atoms with Crippen molar-refractivity contribution in [1.82, 2.24) is 31.9 Å². The van der Waals surface area contributed by atoms with Gasteiger partial charge in [0.1, 0.15) is 36.3 Å². The summed E-state index contributed by atoms with van der Waals surface area (Å²) >= 11 is 0. The second kappa shape index (κ2) is 25.3. The predicted molar refractivity (Wildman–Crippen MR) is 191 cm³/mol. The van der Waals surface area contributed by atoms with Crippen LogP contribution in [0.2, 0.25) is 0 Å². The summed E-state index contributed by atoms with van der Waals surface area (Å²) in [4.78, 5) is 88.1. The minimum absolute atomic E-state index is 0.0281. The first-order valence-corrected chi connectivity index (χ1v) is 17.3. The van der Waals surface area contributed by atoms with Crippen molar-refractivity contribution in [3.8, 4) is 0 Å². The number of amides is 6. The van der Waals surface area contributed by atoms with Crippen molar-refractivity contribution in [3.63, 3.8) is 0 Å². The van der Waals surface area contributed by atoms with Crippen LogP contribution in [0.1, 0.15) is 44.6 Å². The number of benzene rings is 1. The molecule has 304 valence electrons. The van der Waals surface area contributed by atoms with Crippen LogP contribution in [0, 0.1) is 0 Å². The zero-order chi connectivity index (χ0) is 40.8. The molecule has 0 saturated heterocycles. The van der Waals surface area contributed by atoms with Gasteiger partial charge in [0.15, 0.2) is 0 Å². The Hall–Kier alpha value is -4.77. The molecule has 1 rings (SSSR count). The topological polar surface area (TPSA) is 371 Å². The van der Waals surface area contributed by atoms with E-state index in [9.17, 15) is 48.9 Å². The summed E-state index contributed by atoms with van der Waals surface area (Å²) in [6.45, 7) is -1.23. The van der Waals surface area contributed by atoms with Crippen molar-refractivity contribution in [2.45, 2.75) is 93.8 Å². The van der Waals surface area contributed by atoms with E-state index >= 15 is 0 Å². The number of carboxylic acid groups (broad SMARTS) is 1. The Morgan fingerprint density at radius 1 is 0.685 bits per heavy atom. The summed E-state index contributed by atoms with van der Waals surface area (Å²) in [5.74, 6) is -6.65. The van der Waals surface area contributed by atoms with Crippen LogP contribution in [-0.2, 0) is 40.0 Å². The Morgan fingerprint density at radius 3 is 1.74 bits per heavy atom. The molecule has 1 unspecified atom stereocenters. The van der Waals surface area contributed by atoms with Gasteiger partial charge in [0, 0.05) is 19.4 Å². The standard InChI is InChI=1S/C33H55N9O12/c1-18(46)24(41-31(52)22(10-11-27(47)48)38-29(50)20(35)15-43)14-37-25(16-44)32(53)39-21(9-5-6-12-34)30(51)42-26(17-45)33(54)40-23(28(36)49)13-19-7-3-2-4-8-19/h2-4,7-8,18,20-26,37,43-46H,5-6,9-17,34-35H2,1H3,(H2,36,49)(H,38,50)(H,39,53)(H,40,54)(H,41,52)(H,42,51)(H,47,48)/t18?,20-,21-,22-,23-,24+,25-,26-/m0/s1. The number of nitrogens with two attached hydrogens (primary N) is 3. The Balaban J connectivity index is 3.03. The number of unbranched alkanes of at least 4 members (excludes halogenated alkanes) is 1. The number of nitrogens with one attached hydrogen (secondary N) is 6. The monoisotopic (exact) mass is 769 g/mol. The third-order valence-corrected chi connectivity index (χ3v) is 8.14. The number of hydrogen-bond donors (Lipinski definition) is 14. The van der Waals surface area contributed by atoms with E-state index in [2.05, 4.69) is 31.9 Å². The molecule has 17 N–H and O–H groups in total. The summed E-state index contributed by atoms with van der Waals surface area (Å²) in [6, 6.07) is -0.736.